The van der Waals surface area contributed by atoms with Gasteiger partial charge < -0.3 is 19.7 Å². The van der Waals surface area contributed by atoms with Crippen molar-refractivity contribution in [2.24, 2.45) is 0 Å². The van der Waals surface area contributed by atoms with E-state index in [4.69, 9.17) is 9.47 Å². The third kappa shape index (κ3) is 3.71. The monoisotopic (exact) mass is 390 g/mol. The number of nitrogens with one attached hydrogen (secondary N) is 1. The van der Waals surface area contributed by atoms with Crippen LogP contribution in [0.3, 0.4) is 0 Å². The Kier molecular flexibility index (Phi) is 5.03. The molecule has 0 saturated carbocycles. The highest BCUT2D eigenvalue weighted by molar-refractivity contribution is 6.06. The number of anilines is 3. The van der Waals surface area contributed by atoms with Gasteiger partial charge in [0, 0.05) is 24.0 Å². The average Bonchev–Trinajstić information content (AvgIpc) is 3.17. The molecular weight excluding hydrogens is 368 g/mol. The standard InChI is InChI=1S/C22H22N4O3/c1-14-12-18(21(27)26-11-10-15-6-4-5-7-19(15)26)25-22(23-14)24-17-13-16(28-2)8-9-20(17)29-3/h4-9,12-13H,10-11H2,1-3H3,(H,23,24,25). The van der Waals surface area contributed by atoms with E-state index in [2.05, 4.69) is 21.4 Å². The quantitative estimate of drug-likeness (QED) is 0.715. The number of benzene rings is 2. The zero-order valence-electron chi connectivity index (χ0n) is 16.6. The van der Waals surface area contributed by atoms with Crippen LogP contribution in [0.5, 0.6) is 11.5 Å². The number of para-hydroxylation sites is 1. The lowest BCUT2D eigenvalue weighted by Gasteiger charge is -2.18. The molecule has 3 aromatic rings. The SMILES string of the molecule is COc1ccc(OC)c(Nc2nc(C)cc(C(=O)N3CCc4ccccc43)n2)c1. The Hall–Kier alpha value is -3.61. The molecule has 0 bridgehead atoms. The summed E-state index contributed by atoms with van der Waals surface area (Å²) >= 11 is 0. The summed E-state index contributed by atoms with van der Waals surface area (Å²) in [7, 11) is 3.18. The summed E-state index contributed by atoms with van der Waals surface area (Å²) in [4.78, 5) is 23.8. The van der Waals surface area contributed by atoms with Gasteiger partial charge in [0.2, 0.25) is 5.95 Å². The van der Waals surface area contributed by atoms with E-state index in [1.54, 1.807) is 43.4 Å². The van der Waals surface area contributed by atoms with E-state index in [0.29, 0.717) is 41.1 Å². The second-order valence-electron chi connectivity index (χ2n) is 6.74. The van der Waals surface area contributed by atoms with Gasteiger partial charge in [0.1, 0.15) is 17.2 Å². The highest BCUT2D eigenvalue weighted by Gasteiger charge is 2.26. The van der Waals surface area contributed by atoms with E-state index in [-0.39, 0.29) is 5.91 Å². The number of hydrogen-bond acceptors (Lipinski definition) is 6. The van der Waals surface area contributed by atoms with Crippen LogP contribution in [-0.2, 0) is 6.42 Å². The number of aromatic nitrogens is 2. The fourth-order valence-electron chi connectivity index (χ4n) is 3.45. The summed E-state index contributed by atoms with van der Waals surface area (Å²) in [6, 6.07) is 15.1. The number of hydrogen-bond donors (Lipinski definition) is 1. The molecule has 7 nitrogen and oxygen atoms in total. The number of methoxy groups -OCH3 is 2. The molecule has 1 N–H and O–H groups in total. The highest BCUT2D eigenvalue weighted by atomic mass is 16.5. The van der Waals surface area contributed by atoms with Gasteiger partial charge >= 0.3 is 0 Å². The number of carbonyl (C=O) groups is 1. The maximum absolute atomic E-state index is 13.2. The minimum absolute atomic E-state index is 0.138. The fraction of sp³-hybridized carbons (Fsp3) is 0.227. The first-order chi connectivity index (χ1) is 14.1. The average molecular weight is 390 g/mol. The Morgan fingerprint density at radius 2 is 1.90 bits per heavy atom. The molecule has 1 aliphatic heterocycles. The van der Waals surface area contributed by atoms with Gasteiger partial charge in [0.05, 0.1) is 19.9 Å². The normalized spacial score (nSPS) is 12.4. The largest absolute Gasteiger partial charge is 0.497 e. The Morgan fingerprint density at radius 1 is 1.07 bits per heavy atom. The van der Waals surface area contributed by atoms with Crippen molar-refractivity contribution in [3.63, 3.8) is 0 Å². The summed E-state index contributed by atoms with van der Waals surface area (Å²) in [5.41, 5.74) is 3.81. The number of aryl methyl sites for hydroxylation is 1. The van der Waals surface area contributed by atoms with Crippen LogP contribution in [0.1, 0.15) is 21.7 Å². The van der Waals surface area contributed by atoms with Gasteiger partial charge in [-0.1, -0.05) is 18.2 Å². The van der Waals surface area contributed by atoms with E-state index in [1.165, 1.54) is 5.56 Å². The molecule has 0 aliphatic carbocycles. The topological polar surface area (TPSA) is 76.6 Å². The minimum Gasteiger partial charge on any atom is -0.497 e. The van der Waals surface area contributed by atoms with Crippen LogP contribution in [0.15, 0.2) is 48.5 Å². The predicted molar refractivity (Wildman–Crippen MR) is 111 cm³/mol. The molecule has 4 rings (SSSR count). The van der Waals surface area contributed by atoms with Gasteiger partial charge in [-0.15, -0.1) is 0 Å². The highest BCUT2D eigenvalue weighted by Crippen LogP contribution is 2.31. The number of rotatable bonds is 5. The molecule has 0 saturated heterocycles. The lowest BCUT2D eigenvalue weighted by atomic mass is 10.2. The number of nitrogens with zero attached hydrogens (tertiary/aromatic N) is 3. The van der Waals surface area contributed by atoms with E-state index in [1.807, 2.05) is 25.1 Å². The van der Waals surface area contributed by atoms with Crippen molar-refractivity contribution in [1.29, 1.82) is 0 Å². The van der Waals surface area contributed by atoms with E-state index < -0.39 is 0 Å². The van der Waals surface area contributed by atoms with Crippen molar-refractivity contribution in [2.45, 2.75) is 13.3 Å². The first-order valence-corrected chi connectivity index (χ1v) is 9.33. The first-order valence-electron chi connectivity index (χ1n) is 9.33. The zero-order chi connectivity index (χ0) is 20.4. The first kappa shape index (κ1) is 18.7. The molecule has 1 aliphatic rings. The van der Waals surface area contributed by atoms with E-state index in [9.17, 15) is 4.79 Å². The van der Waals surface area contributed by atoms with Gasteiger partial charge in [-0.3, -0.25) is 4.79 Å². The van der Waals surface area contributed by atoms with Crippen LogP contribution in [0.25, 0.3) is 0 Å². The summed E-state index contributed by atoms with van der Waals surface area (Å²) in [5, 5.41) is 3.15. The summed E-state index contributed by atoms with van der Waals surface area (Å²) in [6.45, 7) is 2.48. The van der Waals surface area contributed by atoms with Crippen LogP contribution in [0.4, 0.5) is 17.3 Å². The van der Waals surface area contributed by atoms with E-state index >= 15 is 0 Å². The van der Waals surface area contributed by atoms with Crippen molar-refractivity contribution < 1.29 is 14.3 Å². The van der Waals surface area contributed by atoms with Crippen LogP contribution >= 0.6 is 0 Å². The third-order valence-electron chi connectivity index (χ3n) is 4.86. The minimum atomic E-state index is -0.138. The molecule has 0 spiro atoms. The van der Waals surface area contributed by atoms with Gasteiger partial charge in [0.15, 0.2) is 0 Å². The second-order valence-corrected chi connectivity index (χ2v) is 6.74. The van der Waals surface area contributed by atoms with Crippen molar-refractivity contribution in [3.8, 4) is 11.5 Å². The molecule has 0 unspecified atom stereocenters. The molecular formula is C22H22N4O3. The second kappa shape index (κ2) is 7.79. The van der Waals surface area contributed by atoms with Crippen LogP contribution in [-0.4, -0.2) is 36.6 Å². The van der Waals surface area contributed by atoms with Crippen LogP contribution in [0, 0.1) is 6.92 Å². The molecule has 7 heteroatoms. The molecule has 1 amide bonds. The molecule has 0 fully saturated rings. The van der Waals surface area contributed by atoms with Crippen LogP contribution < -0.4 is 19.7 Å². The number of carbonyl (C=O) groups excluding carboxylic acids is 1. The molecule has 0 atom stereocenters. The summed E-state index contributed by atoms with van der Waals surface area (Å²) in [6.07, 6.45) is 0.845. The lowest BCUT2D eigenvalue weighted by molar-refractivity contribution is 0.0984. The van der Waals surface area contributed by atoms with E-state index in [0.717, 1.165) is 12.1 Å². The number of amides is 1. The van der Waals surface area contributed by atoms with Crippen molar-refractivity contribution in [2.75, 3.05) is 31.0 Å². The Morgan fingerprint density at radius 3 is 2.69 bits per heavy atom. The molecule has 2 heterocycles. The smallest absolute Gasteiger partial charge is 0.277 e. The molecule has 1 aromatic heterocycles. The lowest BCUT2D eigenvalue weighted by Crippen LogP contribution is -2.30. The van der Waals surface area contributed by atoms with Crippen molar-refractivity contribution in [1.82, 2.24) is 9.97 Å². The fourth-order valence-corrected chi connectivity index (χ4v) is 3.45. The summed E-state index contributed by atoms with van der Waals surface area (Å²) in [5.74, 6) is 1.48. The zero-order valence-corrected chi connectivity index (χ0v) is 16.6. The number of fused-ring (bicyclic) bond motifs is 1. The van der Waals surface area contributed by atoms with Gasteiger partial charge in [-0.25, -0.2) is 9.97 Å². The Balaban J connectivity index is 1.65. The van der Waals surface area contributed by atoms with Gasteiger partial charge in [0.25, 0.3) is 5.91 Å². The Bertz CT molecular complexity index is 1070. The van der Waals surface area contributed by atoms with Crippen LogP contribution in [0.2, 0.25) is 0 Å². The third-order valence-corrected chi connectivity index (χ3v) is 4.86. The maximum atomic E-state index is 13.2. The Labute approximate surface area is 169 Å². The number of ether oxygens (including phenoxy) is 2. The summed E-state index contributed by atoms with van der Waals surface area (Å²) < 4.78 is 10.7. The molecule has 2 aromatic carbocycles. The molecule has 0 radical (unpaired) electrons. The predicted octanol–water partition coefficient (Wildman–Crippen LogP) is 3.75. The van der Waals surface area contributed by atoms with Crippen molar-refractivity contribution in [3.05, 3.63) is 65.5 Å². The maximum Gasteiger partial charge on any atom is 0.277 e. The van der Waals surface area contributed by atoms with Gasteiger partial charge in [-0.05, 0) is 43.2 Å². The van der Waals surface area contributed by atoms with Crippen molar-refractivity contribution >= 4 is 23.2 Å². The molecule has 148 valence electrons. The van der Waals surface area contributed by atoms with Gasteiger partial charge in [-0.2, -0.15) is 0 Å². The molecule has 29 heavy (non-hydrogen) atoms.